The van der Waals surface area contributed by atoms with Crippen molar-refractivity contribution in [3.63, 3.8) is 0 Å². The molecule has 0 saturated heterocycles. The third-order valence-corrected chi connectivity index (χ3v) is 3.03. The molecule has 110 valence electrons. The molecular formula is C14H19FN2O3. The van der Waals surface area contributed by atoms with Crippen LogP contribution in [0.3, 0.4) is 0 Å². The number of halogens is 1. The lowest BCUT2D eigenvalue weighted by Crippen LogP contribution is -2.41. The molecule has 1 rings (SSSR count). The summed E-state index contributed by atoms with van der Waals surface area (Å²) in [4.78, 5) is 24.0. The molecular weight excluding hydrogens is 263 g/mol. The first-order chi connectivity index (χ1) is 9.31. The van der Waals surface area contributed by atoms with Gasteiger partial charge < -0.3 is 15.3 Å². The average Bonchev–Trinajstić information content (AvgIpc) is 2.38. The predicted molar refractivity (Wildman–Crippen MR) is 72.8 cm³/mol. The van der Waals surface area contributed by atoms with Gasteiger partial charge in [-0.3, -0.25) is 4.79 Å². The first kappa shape index (κ1) is 15.9. The van der Waals surface area contributed by atoms with E-state index in [4.69, 9.17) is 5.11 Å². The van der Waals surface area contributed by atoms with Gasteiger partial charge in [-0.1, -0.05) is 19.1 Å². The van der Waals surface area contributed by atoms with Gasteiger partial charge in [-0.2, -0.15) is 0 Å². The van der Waals surface area contributed by atoms with Crippen LogP contribution in [0, 0.1) is 11.7 Å². The lowest BCUT2D eigenvalue weighted by atomic mass is 10.1. The topological polar surface area (TPSA) is 69.6 Å². The van der Waals surface area contributed by atoms with E-state index in [0.29, 0.717) is 0 Å². The Bertz CT molecular complexity index is 476. The fourth-order valence-corrected chi connectivity index (χ4v) is 1.70. The van der Waals surface area contributed by atoms with E-state index in [1.165, 1.54) is 31.0 Å². The molecule has 5 nitrogen and oxygen atoms in total. The molecule has 0 aliphatic heterocycles. The Kier molecular flexibility index (Phi) is 5.49. The maximum Gasteiger partial charge on any atom is 0.317 e. The molecule has 0 radical (unpaired) electrons. The van der Waals surface area contributed by atoms with E-state index in [9.17, 15) is 14.0 Å². The average molecular weight is 282 g/mol. The van der Waals surface area contributed by atoms with Gasteiger partial charge in [0, 0.05) is 13.6 Å². The van der Waals surface area contributed by atoms with Crippen molar-refractivity contribution in [1.82, 2.24) is 10.2 Å². The number of amides is 2. The summed E-state index contributed by atoms with van der Waals surface area (Å²) in [6, 6.07) is 5.20. The van der Waals surface area contributed by atoms with Crippen LogP contribution < -0.4 is 5.32 Å². The Morgan fingerprint density at radius 3 is 2.35 bits per heavy atom. The molecule has 0 bridgehead atoms. The number of nitrogens with one attached hydrogen (secondary N) is 1. The number of carboxylic acids is 1. The van der Waals surface area contributed by atoms with Crippen LogP contribution in [-0.2, 0) is 4.79 Å². The summed E-state index contributed by atoms with van der Waals surface area (Å²) >= 11 is 0. The highest BCUT2D eigenvalue weighted by Gasteiger charge is 2.18. The molecule has 0 spiro atoms. The number of urea groups is 1. The van der Waals surface area contributed by atoms with E-state index in [-0.39, 0.29) is 24.4 Å². The Labute approximate surface area is 117 Å². The number of carbonyl (C=O) groups is 2. The van der Waals surface area contributed by atoms with Crippen LogP contribution in [0.25, 0.3) is 0 Å². The third kappa shape index (κ3) is 4.53. The smallest absolute Gasteiger partial charge is 0.317 e. The van der Waals surface area contributed by atoms with E-state index in [2.05, 4.69) is 5.32 Å². The normalized spacial score (nSPS) is 13.4. The van der Waals surface area contributed by atoms with E-state index in [0.717, 1.165) is 5.56 Å². The zero-order valence-electron chi connectivity index (χ0n) is 11.8. The quantitative estimate of drug-likeness (QED) is 0.870. The highest BCUT2D eigenvalue weighted by molar-refractivity contribution is 5.76. The van der Waals surface area contributed by atoms with Crippen LogP contribution in [-0.4, -0.2) is 35.6 Å². The molecule has 0 aromatic heterocycles. The SMILES string of the molecule is CC(CN(C)C(=O)NC(C)c1ccc(F)cc1)C(=O)O. The lowest BCUT2D eigenvalue weighted by Gasteiger charge is -2.23. The molecule has 0 aliphatic rings. The number of benzene rings is 1. The summed E-state index contributed by atoms with van der Waals surface area (Å²) < 4.78 is 12.8. The van der Waals surface area contributed by atoms with Crippen molar-refractivity contribution < 1.29 is 19.1 Å². The summed E-state index contributed by atoms with van der Waals surface area (Å²) in [6.45, 7) is 3.44. The van der Waals surface area contributed by atoms with Gasteiger partial charge >= 0.3 is 12.0 Å². The van der Waals surface area contributed by atoms with Crippen molar-refractivity contribution in [2.75, 3.05) is 13.6 Å². The van der Waals surface area contributed by atoms with Crippen molar-refractivity contribution in [2.24, 2.45) is 5.92 Å². The highest BCUT2D eigenvalue weighted by atomic mass is 19.1. The fraction of sp³-hybridized carbons (Fsp3) is 0.429. The van der Waals surface area contributed by atoms with Crippen LogP contribution in [0.4, 0.5) is 9.18 Å². The Morgan fingerprint density at radius 2 is 1.85 bits per heavy atom. The van der Waals surface area contributed by atoms with Gasteiger partial charge in [0.25, 0.3) is 0 Å². The number of carbonyl (C=O) groups excluding carboxylic acids is 1. The molecule has 6 heteroatoms. The van der Waals surface area contributed by atoms with Crippen LogP contribution in [0.15, 0.2) is 24.3 Å². The molecule has 0 aliphatic carbocycles. The monoisotopic (exact) mass is 282 g/mol. The first-order valence-electron chi connectivity index (χ1n) is 6.31. The van der Waals surface area contributed by atoms with Crippen molar-refractivity contribution in [1.29, 1.82) is 0 Å². The Hall–Kier alpha value is -2.11. The number of carboxylic acid groups (broad SMARTS) is 1. The zero-order chi connectivity index (χ0) is 15.3. The maximum atomic E-state index is 12.8. The second-order valence-electron chi connectivity index (χ2n) is 4.84. The van der Waals surface area contributed by atoms with Crippen molar-refractivity contribution in [2.45, 2.75) is 19.9 Å². The lowest BCUT2D eigenvalue weighted by molar-refractivity contribution is -0.141. The minimum absolute atomic E-state index is 0.122. The molecule has 20 heavy (non-hydrogen) atoms. The van der Waals surface area contributed by atoms with E-state index in [1.807, 2.05) is 0 Å². The standard InChI is InChI=1S/C14H19FN2O3/c1-9(13(18)19)8-17(3)14(20)16-10(2)11-4-6-12(15)7-5-11/h4-7,9-10H,8H2,1-3H3,(H,16,20)(H,18,19). The van der Waals surface area contributed by atoms with Crippen LogP contribution >= 0.6 is 0 Å². The fourth-order valence-electron chi connectivity index (χ4n) is 1.70. The van der Waals surface area contributed by atoms with Gasteiger partial charge in [0.15, 0.2) is 0 Å². The van der Waals surface area contributed by atoms with Crippen molar-refractivity contribution >= 4 is 12.0 Å². The second-order valence-corrected chi connectivity index (χ2v) is 4.84. The molecule has 1 aromatic rings. The predicted octanol–water partition coefficient (Wildman–Crippen LogP) is 2.25. The van der Waals surface area contributed by atoms with Gasteiger partial charge in [0.05, 0.1) is 12.0 Å². The summed E-state index contributed by atoms with van der Waals surface area (Å²) in [6.07, 6.45) is 0. The molecule has 2 amide bonds. The number of hydrogen-bond donors (Lipinski definition) is 2. The Balaban J connectivity index is 2.56. The zero-order valence-corrected chi connectivity index (χ0v) is 11.8. The number of hydrogen-bond acceptors (Lipinski definition) is 2. The third-order valence-electron chi connectivity index (χ3n) is 3.03. The van der Waals surface area contributed by atoms with Crippen LogP contribution in [0.1, 0.15) is 25.5 Å². The largest absolute Gasteiger partial charge is 0.481 e. The maximum absolute atomic E-state index is 12.8. The van der Waals surface area contributed by atoms with E-state index >= 15 is 0 Å². The summed E-state index contributed by atoms with van der Waals surface area (Å²) in [5.41, 5.74) is 0.777. The van der Waals surface area contributed by atoms with E-state index < -0.39 is 11.9 Å². The number of nitrogens with zero attached hydrogens (tertiary/aromatic N) is 1. The number of rotatable bonds is 5. The highest BCUT2D eigenvalue weighted by Crippen LogP contribution is 2.13. The molecule has 0 saturated carbocycles. The summed E-state index contributed by atoms with van der Waals surface area (Å²) in [7, 11) is 1.53. The van der Waals surface area contributed by atoms with Crippen LogP contribution in [0.2, 0.25) is 0 Å². The van der Waals surface area contributed by atoms with Gasteiger partial charge in [0.2, 0.25) is 0 Å². The molecule has 0 heterocycles. The number of aliphatic carboxylic acids is 1. The van der Waals surface area contributed by atoms with Gasteiger partial charge in [-0.15, -0.1) is 0 Å². The Morgan fingerprint density at radius 1 is 1.30 bits per heavy atom. The van der Waals surface area contributed by atoms with Crippen LogP contribution in [0.5, 0.6) is 0 Å². The molecule has 1 aromatic carbocycles. The van der Waals surface area contributed by atoms with Gasteiger partial charge in [-0.25, -0.2) is 9.18 Å². The van der Waals surface area contributed by atoms with Crippen molar-refractivity contribution in [3.05, 3.63) is 35.6 Å². The van der Waals surface area contributed by atoms with E-state index in [1.54, 1.807) is 19.1 Å². The molecule has 0 fully saturated rings. The molecule has 2 unspecified atom stereocenters. The first-order valence-corrected chi connectivity index (χ1v) is 6.31. The minimum atomic E-state index is -0.948. The summed E-state index contributed by atoms with van der Waals surface area (Å²) in [5, 5.41) is 11.5. The summed E-state index contributed by atoms with van der Waals surface area (Å²) in [5.74, 6) is -1.91. The minimum Gasteiger partial charge on any atom is -0.481 e. The molecule has 2 N–H and O–H groups in total. The van der Waals surface area contributed by atoms with Gasteiger partial charge in [-0.05, 0) is 24.6 Å². The van der Waals surface area contributed by atoms with Gasteiger partial charge in [0.1, 0.15) is 5.82 Å². The van der Waals surface area contributed by atoms with Crippen molar-refractivity contribution in [3.8, 4) is 0 Å². The second kappa shape index (κ2) is 6.88. The molecule has 2 atom stereocenters.